The molecule has 0 saturated carbocycles. The first-order valence-corrected chi connectivity index (χ1v) is 56.2. The molecule has 0 aliphatic heterocycles. The van der Waals surface area contributed by atoms with Crippen molar-refractivity contribution in [1.82, 2.24) is 0 Å². The molecule has 0 atom stereocenters. The molecule has 0 aliphatic rings. The van der Waals surface area contributed by atoms with Crippen molar-refractivity contribution in [3.05, 3.63) is 16.0 Å². The molecule has 0 spiro atoms. The van der Waals surface area contributed by atoms with Gasteiger partial charge < -0.3 is 21.1 Å². The van der Waals surface area contributed by atoms with E-state index in [2.05, 4.69) is 48.5 Å². The van der Waals surface area contributed by atoms with E-state index < -0.39 is 0 Å². The second kappa shape index (κ2) is 132. The largest absolute Gasteiger partial charge is 3.00 e. The Kier molecular flexibility index (Phi) is 142. The van der Waals surface area contributed by atoms with Gasteiger partial charge in [-0.25, -0.2) is 0 Å². The number of hydrogen-bond acceptors (Lipinski definition) is 1. The summed E-state index contributed by atoms with van der Waals surface area (Å²) in [6.07, 6.45) is 141. The van der Waals surface area contributed by atoms with Crippen LogP contribution in [0.1, 0.15) is 678 Å². The molecule has 0 rings (SSSR count). The van der Waals surface area contributed by atoms with Gasteiger partial charge in [-0.1, -0.05) is 671 Å². The van der Waals surface area contributed by atoms with E-state index in [1.165, 1.54) is 616 Å². The minimum atomic E-state index is 0. The summed E-state index contributed by atoms with van der Waals surface area (Å²) >= 11 is 0. The number of unbranched alkanes of at least 4 members (excludes halogenated alkanes) is 91. The van der Waals surface area contributed by atoms with Crippen LogP contribution in [0.4, 0.5) is 0 Å². The zero-order valence-electron chi connectivity index (χ0n) is 83.5. The van der Waals surface area contributed by atoms with Gasteiger partial charge in [0.05, 0.1) is 0 Å². The van der Waals surface area contributed by atoms with E-state index in [9.17, 15) is 0 Å². The van der Waals surface area contributed by atoms with Gasteiger partial charge in [0.25, 0.3) is 0 Å². The topological polar surface area (TPSA) is 62.5 Å². The number of rotatable bonds is 104. The van der Waals surface area contributed by atoms with Crippen LogP contribution in [0.15, 0.2) is 0 Å². The van der Waals surface area contributed by atoms with Crippen molar-refractivity contribution in [2.75, 3.05) is 45.9 Å². The van der Waals surface area contributed by atoms with Gasteiger partial charge in [-0.3, -0.25) is 0 Å². The van der Waals surface area contributed by atoms with E-state index in [1.54, 1.807) is 0 Å². The molecule has 4 nitrogen and oxygen atoms in total. The maximum Gasteiger partial charge on any atom is 3.00 e. The Hall–Kier alpha value is 0.554. The average Bonchev–Trinajstić information content (AvgIpc) is 3.04. The van der Waals surface area contributed by atoms with Crippen LogP contribution in [0.5, 0.6) is 0 Å². The zero-order chi connectivity index (χ0) is 84.4. The smallest absolute Gasteiger partial charge is 0.662 e. The molecule has 1 N–H and O–H groups in total. The summed E-state index contributed by atoms with van der Waals surface area (Å²) < 4.78 is 0. The van der Waals surface area contributed by atoms with Crippen molar-refractivity contribution in [3.8, 4) is 0 Å². The zero-order valence-corrected chi connectivity index (χ0v) is 85.1. The molecule has 5 heteroatoms. The standard InChI is InChI=1S/3C36H74N.C4H10O.Ti/c3*1-3-5-7-9-11-13-15-17-19-21-23-25-27-29-31-33-35-37-36-34-32-30-28-26-24-22-20-18-16-14-12-10-8-6-4-2;1-2-3-4-5;/h3*3-36H2,1-2H3;5H,2-4H2,1H3;/q3*-1;;+3. The van der Waals surface area contributed by atoms with Gasteiger partial charge in [-0.05, 0) is 6.42 Å². The Morgan fingerprint density at radius 1 is 0.103 bits per heavy atom. The summed E-state index contributed by atoms with van der Waals surface area (Å²) in [6.45, 7) is 23.0. The molecular weight excluding hydrogens is 1450 g/mol. The van der Waals surface area contributed by atoms with E-state index in [-0.39, 0.29) is 21.7 Å². The predicted molar refractivity (Wildman–Crippen MR) is 539 cm³/mol. The fourth-order valence-corrected chi connectivity index (χ4v) is 17.1. The van der Waals surface area contributed by atoms with Crippen molar-refractivity contribution in [1.29, 1.82) is 0 Å². The van der Waals surface area contributed by atoms with Gasteiger partial charge in [0, 0.05) is 6.61 Å². The minimum absolute atomic E-state index is 0. The molecule has 0 fully saturated rings. The van der Waals surface area contributed by atoms with Crippen LogP contribution < -0.4 is 0 Å². The third-order valence-corrected chi connectivity index (χ3v) is 25.5. The monoisotopic (exact) mass is 1680 g/mol. The number of nitrogens with zero attached hydrogens (tertiary/aromatic N) is 3. The number of aliphatic hydroxyl groups excluding tert-OH is 1. The fraction of sp³-hybridized carbons (Fsp3) is 1.00. The molecule has 0 amide bonds. The van der Waals surface area contributed by atoms with E-state index in [0.717, 1.165) is 52.1 Å². The fourth-order valence-electron chi connectivity index (χ4n) is 17.1. The Balaban J connectivity index is -0.000000517. The Morgan fingerprint density at radius 2 is 0.171 bits per heavy atom. The molecule has 117 heavy (non-hydrogen) atoms. The molecule has 0 heterocycles. The summed E-state index contributed by atoms with van der Waals surface area (Å²) in [5, 5.41) is 22.4. The van der Waals surface area contributed by atoms with Crippen molar-refractivity contribution in [3.63, 3.8) is 0 Å². The van der Waals surface area contributed by atoms with Gasteiger partial charge in [0.15, 0.2) is 0 Å². The molecule has 705 valence electrons. The summed E-state index contributed by atoms with van der Waals surface area (Å²) in [5.74, 6) is 0. The summed E-state index contributed by atoms with van der Waals surface area (Å²) in [5.41, 5.74) is 0. The van der Waals surface area contributed by atoms with Crippen molar-refractivity contribution in [2.45, 2.75) is 678 Å². The molecule has 1 radical (unpaired) electrons. The average molecular weight is 1680 g/mol. The van der Waals surface area contributed by atoms with E-state index in [0.29, 0.717) is 6.61 Å². The summed E-state index contributed by atoms with van der Waals surface area (Å²) in [7, 11) is 0. The number of hydrogen-bond donors (Lipinski definition) is 1. The maximum absolute atomic E-state index is 8.07. The molecule has 0 bridgehead atoms. The normalized spacial score (nSPS) is 11.3. The molecular formula is C112H232N3OTi. The molecule has 0 aromatic heterocycles. The first kappa shape index (κ1) is 126. The van der Waals surface area contributed by atoms with Crippen molar-refractivity contribution < 1.29 is 26.8 Å². The Morgan fingerprint density at radius 3 is 0.231 bits per heavy atom. The Labute approximate surface area is 761 Å². The van der Waals surface area contributed by atoms with Crippen LogP contribution in [0.2, 0.25) is 0 Å². The van der Waals surface area contributed by atoms with Gasteiger partial charge in [-0.2, -0.15) is 0 Å². The van der Waals surface area contributed by atoms with Crippen LogP contribution in [-0.2, 0) is 21.7 Å². The molecule has 0 aliphatic carbocycles. The van der Waals surface area contributed by atoms with Crippen LogP contribution in [0.25, 0.3) is 16.0 Å². The van der Waals surface area contributed by atoms with Crippen LogP contribution in [0.3, 0.4) is 0 Å². The molecule has 0 aromatic carbocycles. The first-order valence-electron chi connectivity index (χ1n) is 56.2. The third-order valence-electron chi connectivity index (χ3n) is 25.5. The van der Waals surface area contributed by atoms with E-state index in [1.807, 2.05) is 0 Å². The third kappa shape index (κ3) is 140. The van der Waals surface area contributed by atoms with Crippen LogP contribution >= 0.6 is 0 Å². The maximum atomic E-state index is 8.07. The SMILES string of the molecule is CCCCCCCCCCCCCCCCCC[N-]CCCCCCCCCCCCCCCCCC.CCCCCCCCCCCCCCCCCC[N-]CCCCCCCCCCCCCCCCCC.CCCCCCCCCCCCCCCCCC[N-]CCCCCCCCCCCCCCCCCC.CCCCO.[Ti+3]. The molecule has 0 saturated heterocycles. The summed E-state index contributed by atoms with van der Waals surface area (Å²) in [6, 6.07) is 0. The second-order valence-electron chi connectivity index (χ2n) is 37.9. The van der Waals surface area contributed by atoms with Gasteiger partial charge >= 0.3 is 21.7 Å². The Bertz CT molecular complexity index is 1230. The van der Waals surface area contributed by atoms with Crippen molar-refractivity contribution >= 4 is 0 Å². The van der Waals surface area contributed by atoms with E-state index >= 15 is 0 Å². The van der Waals surface area contributed by atoms with Crippen LogP contribution in [-0.4, -0.2) is 51.0 Å². The predicted octanol–water partition coefficient (Wildman–Crippen LogP) is 42.4. The second-order valence-corrected chi connectivity index (χ2v) is 37.9. The van der Waals surface area contributed by atoms with Gasteiger partial charge in [-0.15, -0.1) is 39.3 Å². The summed E-state index contributed by atoms with van der Waals surface area (Å²) in [4.78, 5) is 0. The quantitative estimate of drug-likeness (QED) is 0.0479. The van der Waals surface area contributed by atoms with Crippen LogP contribution in [0, 0.1) is 0 Å². The van der Waals surface area contributed by atoms with Gasteiger partial charge in [0.2, 0.25) is 0 Å². The van der Waals surface area contributed by atoms with E-state index in [4.69, 9.17) is 21.1 Å². The minimum Gasteiger partial charge on any atom is -0.662 e. The number of aliphatic hydroxyl groups is 1. The van der Waals surface area contributed by atoms with Crippen molar-refractivity contribution in [2.24, 2.45) is 0 Å². The molecule has 0 unspecified atom stereocenters. The van der Waals surface area contributed by atoms with Gasteiger partial charge in [0.1, 0.15) is 0 Å². The molecule has 0 aromatic rings. The first-order chi connectivity index (χ1) is 57.7.